The van der Waals surface area contributed by atoms with Crippen LogP contribution in [0.1, 0.15) is 23.8 Å². The quantitative estimate of drug-likeness (QED) is 0.744. The summed E-state index contributed by atoms with van der Waals surface area (Å²) in [5.74, 6) is 0.414. The van der Waals surface area contributed by atoms with E-state index in [9.17, 15) is 9.59 Å². The van der Waals surface area contributed by atoms with Crippen molar-refractivity contribution in [3.63, 3.8) is 0 Å². The molecule has 28 heavy (non-hydrogen) atoms. The Labute approximate surface area is 169 Å². The van der Waals surface area contributed by atoms with E-state index in [1.54, 1.807) is 50.5 Å². The number of rotatable bonds is 6. The van der Waals surface area contributed by atoms with E-state index < -0.39 is 0 Å². The van der Waals surface area contributed by atoms with Gasteiger partial charge in [-0.05, 0) is 36.9 Å². The third-order valence-electron chi connectivity index (χ3n) is 4.52. The van der Waals surface area contributed by atoms with E-state index in [0.29, 0.717) is 17.2 Å². The van der Waals surface area contributed by atoms with Crippen LogP contribution in [0.4, 0.5) is 0 Å². The minimum Gasteiger partial charge on any atom is -0.467 e. The molecule has 1 aliphatic rings. The van der Waals surface area contributed by atoms with Crippen molar-refractivity contribution in [3.05, 3.63) is 59.0 Å². The van der Waals surface area contributed by atoms with Crippen molar-refractivity contribution in [2.24, 2.45) is 5.10 Å². The number of benzene rings is 1. The summed E-state index contributed by atoms with van der Waals surface area (Å²) in [6.07, 6.45) is 2.13. The van der Waals surface area contributed by atoms with E-state index >= 15 is 0 Å². The van der Waals surface area contributed by atoms with Crippen molar-refractivity contribution in [1.29, 1.82) is 0 Å². The zero-order valence-electron chi connectivity index (χ0n) is 16.1. The van der Waals surface area contributed by atoms with E-state index in [1.807, 2.05) is 18.2 Å². The van der Waals surface area contributed by atoms with Gasteiger partial charge in [0.2, 0.25) is 5.91 Å². The maximum Gasteiger partial charge on any atom is 0.257 e. The van der Waals surface area contributed by atoms with Crippen LogP contribution >= 0.6 is 11.6 Å². The Morgan fingerprint density at radius 3 is 2.50 bits per heavy atom. The molecule has 0 bridgehead atoms. The van der Waals surface area contributed by atoms with Crippen molar-refractivity contribution < 1.29 is 14.0 Å². The Morgan fingerprint density at radius 1 is 1.18 bits per heavy atom. The summed E-state index contributed by atoms with van der Waals surface area (Å²) in [6, 6.07) is 10.7. The van der Waals surface area contributed by atoms with Crippen molar-refractivity contribution >= 4 is 29.1 Å². The highest BCUT2D eigenvalue weighted by Gasteiger charge is 2.35. The number of hydrogen-bond donors (Lipinski definition) is 0. The fraction of sp³-hybridized carbons (Fsp3) is 0.350. The zero-order valence-corrected chi connectivity index (χ0v) is 16.9. The van der Waals surface area contributed by atoms with Crippen molar-refractivity contribution in [2.45, 2.75) is 12.5 Å². The number of amides is 2. The molecule has 0 spiro atoms. The first-order valence-electron chi connectivity index (χ1n) is 8.92. The molecule has 148 valence electrons. The Hall–Kier alpha value is -2.64. The summed E-state index contributed by atoms with van der Waals surface area (Å²) in [5.41, 5.74) is 1.70. The van der Waals surface area contributed by atoms with Gasteiger partial charge in [0.1, 0.15) is 11.8 Å². The molecule has 0 saturated heterocycles. The predicted molar refractivity (Wildman–Crippen MR) is 107 cm³/mol. The zero-order chi connectivity index (χ0) is 20.3. The number of furan rings is 1. The number of nitrogens with zero attached hydrogens (tertiary/aromatic N) is 4. The fourth-order valence-electron chi connectivity index (χ4n) is 2.99. The summed E-state index contributed by atoms with van der Waals surface area (Å²) in [7, 11) is 5.11. The smallest absolute Gasteiger partial charge is 0.257 e. The average Bonchev–Trinajstić information content (AvgIpc) is 3.31. The van der Waals surface area contributed by atoms with Crippen LogP contribution < -0.4 is 0 Å². The van der Waals surface area contributed by atoms with Gasteiger partial charge in [0, 0.05) is 25.5 Å². The number of likely N-dealkylation sites (N-methyl/N-ethyl adjacent to an activating group) is 2. The molecule has 8 heteroatoms. The molecule has 7 nitrogen and oxygen atoms in total. The lowest BCUT2D eigenvalue weighted by molar-refractivity contribution is -0.135. The van der Waals surface area contributed by atoms with Crippen LogP contribution in [-0.2, 0) is 9.59 Å². The minimum atomic E-state index is -0.314. The molecule has 1 unspecified atom stereocenters. The number of hydrazone groups is 1. The monoisotopic (exact) mass is 402 g/mol. The van der Waals surface area contributed by atoms with Gasteiger partial charge in [-0.25, -0.2) is 5.01 Å². The highest BCUT2D eigenvalue weighted by molar-refractivity contribution is 6.30. The summed E-state index contributed by atoms with van der Waals surface area (Å²) in [6.45, 7) is 0.236. The average molecular weight is 403 g/mol. The normalized spacial score (nSPS) is 16.4. The molecule has 0 fully saturated rings. The molecule has 1 aromatic heterocycles. The van der Waals surface area contributed by atoms with E-state index in [4.69, 9.17) is 16.0 Å². The first kappa shape index (κ1) is 20.1. The van der Waals surface area contributed by atoms with Gasteiger partial charge >= 0.3 is 0 Å². The molecule has 1 aliphatic heterocycles. The Bertz CT molecular complexity index is 862. The van der Waals surface area contributed by atoms with Gasteiger partial charge in [0.05, 0.1) is 25.1 Å². The molecule has 0 N–H and O–H groups in total. The van der Waals surface area contributed by atoms with Crippen molar-refractivity contribution in [2.75, 3.05) is 34.2 Å². The Morgan fingerprint density at radius 2 is 1.89 bits per heavy atom. The van der Waals surface area contributed by atoms with Crippen LogP contribution in [-0.4, -0.2) is 66.6 Å². The van der Waals surface area contributed by atoms with Crippen molar-refractivity contribution in [1.82, 2.24) is 14.8 Å². The fourth-order valence-corrected chi connectivity index (χ4v) is 3.12. The molecule has 0 aliphatic carbocycles. The van der Waals surface area contributed by atoms with E-state index in [1.165, 1.54) is 9.91 Å². The van der Waals surface area contributed by atoms with Gasteiger partial charge in [0.15, 0.2) is 0 Å². The number of carbonyl (C=O) groups is 2. The number of hydrogen-bond acceptors (Lipinski definition) is 5. The number of carbonyl (C=O) groups excluding carboxylic acids is 2. The van der Waals surface area contributed by atoms with Gasteiger partial charge in [-0.3, -0.25) is 14.5 Å². The maximum atomic E-state index is 12.9. The van der Waals surface area contributed by atoms with Crippen LogP contribution in [0.3, 0.4) is 0 Å². The molecule has 2 amide bonds. The second-order valence-corrected chi connectivity index (χ2v) is 7.42. The largest absolute Gasteiger partial charge is 0.467 e. The number of halogens is 1. The van der Waals surface area contributed by atoms with Crippen LogP contribution in [0.2, 0.25) is 5.02 Å². The first-order chi connectivity index (χ1) is 13.3. The second kappa shape index (κ2) is 8.58. The molecule has 3 rings (SSSR count). The third kappa shape index (κ3) is 4.61. The van der Waals surface area contributed by atoms with Crippen LogP contribution in [0, 0.1) is 0 Å². The van der Waals surface area contributed by atoms with Gasteiger partial charge in [0.25, 0.3) is 5.91 Å². The maximum absolute atomic E-state index is 12.9. The topological polar surface area (TPSA) is 69.4 Å². The summed E-state index contributed by atoms with van der Waals surface area (Å²) < 4.78 is 5.54. The van der Waals surface area contributed by atoms with Crippen LogP contribution in [0.5, 0.6) is 0 Å². The lowest BCUT2D eigenvalue weighted by atomic mass is 10.0. The molecule has 1 aromatic carbocycles. The van der Waals surface area contributed by atoms with E-state index in [0.717, 1.165) is 11.3 Å². The summed E-state index contributed by atoms with van der Waals surface area (Å²) in [4.78, 5) is 28.0. The molecule has 0 radical (unpaired) electrons. The van der Waals surface area contributed by atoms with Gasteiger partial charge in [-0.2, -0.15) is 5.10 Å². The summed E-state index contributed by atoms with van der Waals surface area (Å²) in [5, 5.41) is 6.67. The molecular formula is C20H23ClN4O3. The van der Waals surface area contributed by atoms with Gasteiger partial charge in [-0.1, -0.05) is 23.7 Å². The highest BCUT2D eigenvalue weighted by Crippen LogP contribution is 2.33. The molecule has 1 atom stereocenters. The van der Waals surface area contributed by atoms with E-state index in [2.05, 4.69) is 5.10 Å². The first-order valence-corrected chi connectivity index (χ1v) is 9.30. The SMILES string of the molecule is CN(CC(=O)N(C)C)CC(=O)N1N=C(c2ccc(Cl)cc2)CC1c1ccco1. The lowest BCUT2D eigenvalue weighted by Gasteiger charge is -2.23. The van der Waals surface area contributed by atoms with Gasteiger partial charge in [-0.15, -0.1) is 0 Å². The Balaban J connectivity index is 1.78. The Kier molecular flexibility index (Phi) is 6.16. The predicted octanol–water partition coefficient (Wildman–Crippen LogP) is 2.63. The lowest BCUT2D eigenvalue weighted by Crippen LogP contribution is -2.41. The van der Waals surface area contributed by atoms with E-state index in [-0.39, 0.29) is 30.9 Å². The van der Waals surface area contributed by atoms with Gasteiger partial charge < -0.3 is 9.32 Å². The molecule has 2 heterocycles. The summed E-state index contributed by atoms with van der Waals surface area (Å²) >= 11 is 5.97. The standard InChI is InChI=1S/C20H23ClN4O3/c1-23(2)19(26)12-24(3)13-20(27)25-17(18-5-4-10-28-18)11-16(22-25)14-6-8-15(21)9-7-14/h4-10,17H,11-13H2,1-3H3. The molecule has 0 saturated carbocycles. The third-order valence-corrected chi connectivity index (χ3v) is 4.78. The second-order valence-electron chi connectivity index (χ2n) is 6.99. The van der Waals surface area contributed by atoms with Crippen molar-refractivity contribution in [3.8, 4) is 0 Å². The van der Waals surface area contributed by atoms with Crippen LogP contribution in [0.25, 0.3) is 0 Å². The van der Waals surface area contributed by atoms with Crippen LogP contribution in [0.15, 0.2) is 52.2 Å². The highest BCUT2D eigenvalue weighted by atomic mass is 35.5. The molecular weight excluding hydrogens is 380 g/mol. The minimum absolute atomic E-state index is 0.0651. The molecule has 2 aromatic rings.